The van der Waals surface area contributed by atoms with Gasteiger partial charge in [0.15, 0.2) is 0 Å². The van der Waals surface area contributed by atoms with Crippen LogP contribution in [0.2, 0.25) is 0 Å². The fourth-order valence-corrected chi connectivity index (χ4v) is 8.55. The van der Waals surface area contributed by atoms with Gasteiger partial charge in [-0.2, -0.15) is 0 Å². The van der Waals surface area contributed by atoms with E-state index in [2.05, 4.69) is 67.8 Å². The highest BCUT2D eigenvalue weighted by Crippen LogP contribution is 2.43. The molecule has 0 bridgehead atoms. The van der Waals surface area contributed by atoms with E-state index in [1.807, 2.05) is 27.2 Å². The number of aliphatic hydroxyl groups is 1. The SMILES string of the molecule is CCC/C=C/CC/C=C/CC/C=C/C(O)C(COP(=O)(O)OCC[N+](C)(C)C)NC(=O)CCCCCCCCCCCCCCCCCCC/C=C\C/C=C\CCCCCCCCCCC. The molecular weight excluding hydrogens is 840 g/mol. The maximum absolute atomic E-state index is 12.9. The summed E-state index contributed by atoms with van der Waals surface area (Å²) in [6, 6.07) is -0.869. The Morgan fingerprint density at radius 2 is 0.909 bits per heavy atom. The smallest absolute Gasteiger partial charge is 0.387 e. The number of amides is 1. The van der Waals surface area contributed by atoms with Crippen LogP contribution in [0.4, 0.5) is 0 Å². The fraction of sp³-hybridized carbons (Fsp3) is 0.807. The lowest BCUT2D eigenvalue weighted by atomic mass is 10.0. The standard InChI is InChI=1S/C57H107N2O6P/c1-6-8-10-12-14-16-18-19-20-21-22-23-24-25-26-27-28-29-30-31-32-33-34-35-36-37-38-39-41-43-45-47-49-51-57(61)58-55(54-65-66(62,63)64-53-52-59(3,4)5)56(60)50-48-46-44-42-40-17-15-13-11-9-7-2/h11,13,22-23,25-26,40,42,48,50,55-56,60H,6-10,12,14-21,24,27-39,41,43-47,49,51-54H2,1-5H3,(H-,58,61,62,63)/p+1/b13-11+,23-22-,26-25-,42-40+,50-48+. The molecule has 3 atom stereocenters. The normalized spacial score (nSPS) is 14.5. The van der Waals surface area contributed by atoms with Crippen molar-refractivity contribution in [3.8, 4) is 0 Å². The number of nitrogens with zero attached hydrogens (tertiary/aromatic N) is 1. The van der Waals surface area contributed by atoms with Crippen LogP contribution in [-0.4, -0.2) is 73.4 Å². The maximum Gasteiger partial charge on any atom is 0.472 e. The molecule has 0 aliphatic rings. The third-order valence-corrected chi connectivity index (χ3v) is 13.2. The highest BCUT2D eigenvalue weighted by atomic mass is 31.2. The van der Waals surface area contributed by atoms with Crippen LogP contribution in [0.5, 0.6) is 0 Å². The lowest BCUT2D eigenvalue weighted by molar-refractivity contribution is -0.870. The molecule has 0 fully saturated rings. The minimum atomic E-state index is -4.35. The summed E-state index contributed by atoms with van der Waals surface area (Å²) in [6.45, 7) is 4.71. The van der Waals surface area contributed by atoms with Crippen molar-refractivity contribution in [2.24, 2.45) is 0 Å². The van der Waals surface area contributed by atoms with Gasteiger partial charge in [-0.1, -0.05) is 229 Å². The van der Waals surface area contributed by atoms with Crippen molar-refractivity contribution in [2.45, 2.75) is 257 Å². The van der Waals surface area contributed by atoms with Gasteiger partial charge in [0, 0.05) is 6.42 Å². The van der Waals surface area contributed by atoms with E-state index in [1.165, 1.54) is 167 Å². The minimum absolute atomic E-state index is 0.0524. The number of nitrogens with one attached hydrogen (secondary N) is 1. The second-order valence-electron chi connectivity index (χ2n) is 19.9. The Hall–Kier alpha value is -1.80. The second kappa shape index (κ2) is 48.2. The molecule has 0 aliphatic carbocycles. The van der Waals surface area contributed by atoms with Gasteiger partial charge in [0.05, 0.1) is 39.9 Å². The summed E-state index contributed by atoms with van der Waals surface area (Å²) in [7, 11) is 1.54. The zero-order valence-corrected chi connectivity index (χ0v) is 44.8. The minimum Gasteiger partial charge on any atom is -0.387 e. The van der Waals surface area contributed by atoms with Crippen LogP contribution >= 0.6 is 7.82 Å². The summed E-state index contributed by atoms with van der Waals surface area (Å²) < 4.78 is 23.6. The van der Waals surface area contributed by atoms with E-state index < -0.39 is 20.0 Å². The monoisotopic (exact) mass is 948 g/mol. The van der Waals surface area contributed by atoms with Crippen LogP contribution in [0, 0.1) is 0 Å². The maximum atomic E-state index is 12.9. The summed E-state index contributed by atoms with van der Waals surface area (Å²) in [5.41, 5.74) is 0. The van der Waals surface area contributed by atoms with Crippen molar-refractivity contribution in [3.05, 3.63) is 60.8 Å². The number of allylic oxidation sites excluding steroid dienone is 9. The Balaban J connectivity index is 4.01. The first-order chi connectivity index (χ1) is 32.0. The largest absolute Gasteiger partial charge is 0.472 e. The number of hydrogen-bond acceptors (Lipinski definition) is 5. The number of aliphatic hydroxyl groups excluding tert-OH is 1. The van der Waals surface area contributed by atoms with E-state index in [4.69, 9.17) is 9.05 Å². The fourth-order valence-electron chi connectivity index (χ4n) is 7.82. The Labute approximate surface area is 409 Å². The first kappa shape index (κ1) is 64.2. The molecule has 0 radical (unpaired) electrons. The number of phosphoric acid groups is 1. The van der Waals surface area contributed by atoms with Crippen molar-refractivity contribution in [1.82, 2.24) is 5.32 Å². The summed E-state index contributed by atoms with van der Waals surface area (Å²) >= 11 is 0. The molecule has 9 heteroatoms. The van der Waals surface area contributed by atoms with Crippen molar-refractivity contribution < 1.29 is 32.9 Å². The van der Waals surface area contributed by atoms with Crippen molar-refractivity contribution in [1.29, 1.82) is 0 Å². The number of likely N-dealkylation sites (N-methyl/N-ethyl adjacent to an activating group) is 1. The Morgan fingerprint density at radius 3 is 1.35 bits per heavy atom. The molecule has 0 saturated heterocycles. The molecule has 1 amide bonds. The van der Waals surface area contributed by atoms with Crippen molar-refractivity contribution >= 4 is 13.7 Å². The number of unbranched alkanes of at least 4 members (excludes halogenated alkanes) is 29. The van der Waals surface area contributed by atoms with Crippen LogP contribution in [0.3, 0.4) is 0 Å². The molecule has 66 heavy (non-hydrogen) atoms. The average molecular weight is 948 g/mol. The molecule has 0 heterocycles. The summed E-state index contributed by atoms with van der Waals surface area (Å²) in [4.78, 5) is 23.2. The van der Waals surface area contributed by atoms with E-state index in [0.29, 0.717) is 17.4 Å². The van der Waals surface area contributed by atoms with Crippen LogP contribution in [0.1, 0.15) is 245 Å². The van der Waals surface area contributed by atoms with E-state index >= 15 is 0 Å². The topological polar surface area (TPSA) is 105 Å². The number of quaternary nitrogens is 1. The van der Waals surface area contributed by atoms with Gasteiger partial charge in [0.25, 0.3) is 0 Å². The number of rotatable bonds is 50. The van der Waals surface area contributed by atoms with Crippen LogP contribution in [0.15, 0.2) is 60.8 Å². The first-order valence-electron chi connectivity index (χ1n) is 27.7. The molecule has 0 rings (SSSR count). The number of carbonyl (C=O) groups is 1. The molecule has 3 unspecified atom stereocenters. The third kappa shape index (κ3) is 50.1. The van der Waals surface area contributed by atoms with Gasteiger partial charge in [-0.05, 0) is 70.6 Å². The average Bonchev–Trinajstić information content (AvgIpc) is 3.28. The molecule has 0 aliphatic heterocycles. The molecular formula is C57H108N2O6P+. The predicted octanol–water partition coefficient (Wildman–Crippen LogP) is 16.5. The van der Waals surface area contributed by atoms with Gasteiger partial charge in [0.1, 0.15) is 13.2 Å². The van der Waals surface area contributed by atoms with Gasteiger partial charge in [-0.25, -0.2) is 4.57 Å². The molecule has 8 nitrogen and oxygen atoms in total. The Kier molecular flexibility index (Phi) is 46.9. The zero-order chi connectivity index (χ0) is 48.5. The van der Waals surface area contributed by atoms with Gasteiger partial charge >= 0.3 is 7.82 Å². The Morgan fingerprint density at radius 1 is 0.515 bits per heavy atom. The van der Waals surface area contributed by atoms with E-state index in [-0.39, 0.29) is 19.1 Å². The van der Waals surface area contributed by atoms with Crippen LogP contribution in [-0.2, 0) is 18.4 Å². The molecule has 0 aromatic carbocycles. The molecule has 0 aromatic heterocycles. The quantitative estimate of drug-likeness (QED) is 0.0243. The number of hydrogen-bond donors (Lipinski definition) is 3. The molecule has 0 saturated carbocycles. The number of phosphoric ester groups is 1. The zero-order valence-electron chi connectivity index (χ0n) is 43.9. The molecule has 0 aromatic rings. The number of carbonyl (C=O) groups excluding carboxylic acids is 1. The lowest BCUT2D eigenvalue weighted by Gasteiger charge is -2.25. The van der Waals surface area contributed by atoms with Gasteiger partial charge in [0.2, 0.25) is 5.91 Å². The molecule has 3 N–H and O–H groups in total. The van der Waals surface area contributed by atoms with E-state index in [9.17, 15) is 19.4 Å². The first-order valence-corrected chi connectivity index (χ1v) is 29.2. The molecule has 0 spiro atoms. The van der Waals surface area contributed by atoms with Crippen molar-refractivity contribution in [3.63, 3.8) is 0 Å². The van der Waals surface area contributed by atoms with Crippen molar-refractivity contribution in [2.75, 3.05) is 40.9 Å². The highest BCUT2D eigenvalue weighted by molar-refractivity contribution is 7.47. The second-order valence-corrected chi connectivity index (χ2v) is 21.4. The highest BCUT2D eigenvalue weighted by Gasteiger charge is 2.27. The van der Waals surface area contributed by atoms with E-state index in [0.717, 1.165) is 57.8 Å². The molecule has 386 valence electrons. The lowest BCUT2D eigenvalue weighted by Crippen LogP contribution is -2.45. The van der Waals surface area contributed by atoms with E-state index in [1.54, 1.807) is 6.08 Å². The van der Waals surface area contributed by atoms with Gasteiger partial charge in [-0.3, -0.25) is 13.8 Å². The Bertz CT molecular complexity index is 1260. The summed E-state index contributed by atoms with van der Waals surface area (Å²) in [5.74, 6) is -0.192. The summed E-state index contributed by atoms with van der Waals surface area (Å²) in [5, 5.41) is 13.8. The van der Waals surface area contributed by atoms with Gasteiger partial charge in [-0.15, -0.1) is 0 Å². The van der Waals surface area contributed by atoms with Crippen LogP contribution in [0.25, 0.3) is 0 Å². The summed E-state index contributed by atoms with van der Waals surface area (Å²) in [6.07, 6.45) is 64.9. The van der Waals surface area contributed by atoms with Gasteiger partial charge < -0.3 is 19.8 Å². The predicted molar refractivity (Wildman–Crippen MR) is 286 cm³/mol. The third-order valence-electron chi connectivity index (χ3n) is 12.2. The van der Waals surface area contributed by atoms with Crippen LogP contribution < -0.4 is 5.32 Å².